The Hall–Kier alpha value is -4.17. The molecule has 8 heteroatoms. The Labute approximate surface area is 198 Å². The maximum Gasteiger partial charge on any atom is 0.320 e. The SMILES string of the molecule is COc1ccc(-c2ccccc2CN=C(N)NC(=O)c2ccc(C[C@H](N)C(=O)O)cc2)c(C)c1. The molecule has 0 radical (unpaired) electrons. The number of aliphatic imine (C=N–C) groups is 1. The molecule has 0 spiro atoms. The van der Waals surface area contributed by atoms with Gasteiger partial charge >= 0.3 is 5.97 Å². The van der Waals surface area contributed by atoms with Gasteiger partial charge in [-0.1, -0.05) is 42.5 Å². The predicted molar refractivity (Wildman–Crippen MR) is 132 cm³/mol. The Morgan fingerprint density at radius 1 is 1.06 bits per heavy atom. The van der Waals surface area contributed by atoms with Gasteiger partial charge in [0, 0.05) is 5.56 Å². The Kier molecular flexibility index (Phi) is 8.00. The van der Waals surface area contributed by atoms with E-state index in [9.17, 15) is 9.59 Å². The Balaban J connectivity index is 1.68. The van der Waals surface area contributed by atoms with Gasteiger partial charge in [0.1, 0.15) is 11.8 Å². The van der Waals surface area contributed by atoms with Crippen LogP contribution in [0.1, 0.15) is 27.0 Å². The van der Waals surface area contributed by atoms with E-state index >= 15 is 0 Å². The minimum Gasteiger partial charge on any atom is -0.497 e. The topological polar surface area (TPSA) is 140 Å². The highest BCUT2D eigenvalue weighted by Crippen LogP contribution is 2.29. The van der Waals surface area contributed by atoms with E-state index in [1.54, 1.807) is 31.4 Å². The summed E-state index contributed by atoms with van der Waals surface area (Å²) in [5, 5.41) is 11.5. The van der Waals surface area contributed by atoms with Crippen molar-refractivity contribution < 1.29 is 19.4 Å². The van der Waals surface area contributed by atoms with Crippen LogP contribution in [0.3, 0.4) is 0 Å². The van der Waals surface area contributed by atoms with Gasteiger partial charge < -0.3 is 21.3 Å². The van der Waals surface area contributed by atoms with E-state index < -0.39 is 17.9 Å². The predicted octanol–water partition coefficient (Wildman–Crippen LogP) is 2.87. The van der Waals surface area contributed by atoms with Gasteiger partial charge in [-0.05, 0) is 65.4 Å². The maximum atomic E-state index is 12.5. The molecule has 0 aromatic heterocycles. The number of rotatable bonds is 8. The molecule has 3 aromatic carbocycles. The minimum absolute atomic E-state index is 0.00299. The molecule has 0 heterocycles. The lowest BCUT2D eigenvalue weighted by Crippen LogP contribution is -2.36. The number of ether oxygens (including phenoxy) is 1. The van der Waals surface area contributed by atoms with Crippen LogP contribution in [0.25, 0.3) is 11.1 Å². The number of carboxylic acid groups (broad SMARTS) is 1. The van der Waals surface area contributed by atoms with Gasteiger partial charge in [0.25, 0.3) is 5.91 Å². The molecule has 0 saturated heterocycles. The summed E-state index contributed by atoms with van der Waals surface area (Å²) in [5.41, 5.74) is 16.7. The van der Waals surface area contributed by atoms with Gasteiger partial charge in [0.15, 0.2) is 5.96 Å². The van der Waals surface area contributed by atoms with Crippen molar-refractivity contribution in [2.75, 3.05) is 7.11 Å². The zero-order valence-electron chi connectivity index (χ0n) is 19.1. The molecule has 3 rings (SSSR count). The number of nitrogens with two attached hydrogens (primary N) is 2. The van der Waals surface area contributed by atoms with Gasteiger partial charge in [-0.3, -0.25) is 14.9 Å². The second kappa shape index (κ2) is 11.1. The molecule has 0 aliphatic rings. The second-order valence-corrected chi connectivity index (χ2v) is 7.84. The number of aliphatic carboxylic acids is 1. The molecular formula is C26H28N4O4. The number of guanidine groups is 1. The van der Waals surface area contributed by atoms with Crippen molar-refractivity contribution >= 4 is 17.8 Å². The third kappa shape index (κ3) is 6.20. The molecule has 1 amide bonds. The van der Waals surface area contributed by atoms with Crippen LogP contribution >= 0.6 is 0 Å². The summed E-state index contributed by atoms with van der Waals surface area (Å²) in [6.07, 6.45) is 0.175. The van der Waals surface area contributed by atoms with Gasteiger partial charge in [0.2, 0.25) is 0 Å². The van der Waals surface area contributed by atoms with Crippen LogP contribution in [0.15, 0.2) is 71.7 Å². The van der Waals surface area contributed by atoms with E-state index in [1.807, 2.05) is 49.4 Å². The average Bonchev–Trinajstić information content (AvgIpc) is 2.83. The van der Waals surface area contributed by atoms with E-state index in [-0.39, 0.29) is 12.4 Å². The fraction of sp³-hybridized carbons (Fsp3) is 0.192. The third-order valence-corrected chi connectivity index (χ3v) is 5.39. The van der Waals surface area contributed by atoms with E-state index in [4.69, 9.17) is 21.3 Å². The zero-order valence-corrected chi connectivity index (χ0v) is 19.1. The lowest BCUT2D eigenvalue weighted by Gasteiger charge is -2.12. The van der Waals surface area contributed by atoms with E-state index in [1.165, 1.54) is 0 Å². The highest BCUT2D eigenvalue weighted by molar-refractivity contribution is 6.05. The summed E-state index contributed by atoms with van der Waals surface area (Å²) in [6.45, 7) is 2.31. The first-order chi connectivity index (χ1) is 16.3. The number of benzene rings is 3. The summed E-state index contributed by atoms with van der Waals surface area (Å²) < 4.78 is 5.29. The molecular weight excluding hydrogens is 432 g/mol. The molecule has 3 aromatic rings. The van der Waals surface area contributed by atoms with Crippen LogP contribution < -0.4 is 21.5 Å². The number of nitrogens with zero attached hydrogens (tertiary/aromatic N) is 1. The van der Waals surface area contributed by atoms with Crippen molar-refractivity contribution in [3.63, 3.8) is 0 Å². The summed E-state index contributed by atoms with van der Waals surface area (Å²) in [4.78, 5) is 27.7. The molecule has 34 heavy (non-hydrogen) atoms. The third-order valence-electron chi connectivity index (χ3n) is 5.39. The fourth-order valence-corrected chi connectivity index (χ4v) is 3.52. The molecule has 0 aliphatic carbocycles. The smallest absolute Gasteiger partial charge is 0.320 e. The quantitative estimate of drug-likeness (QED) is 0.301. The molecule has 0 unspecified atom stereocenters. The lowest BCUT2D eigenvalue weighted by molar-refractivity contribution is -0.138. The first kappa shape index (κ1) is 24.5. The molecule has 176 valence electrons. The molecule has 0 aliphatic heterocycles. The Morgan fingerprint density at radius 3 is 2.41 bits per heavy atom. The van der Waals surface area contributed by atoms with Crippen molar-refractivity contribution in [1.29, 1.82) is 0 Å². The molecule has 8 nitrogen and oxygen atoms in total. The molecule has 1 atom stereocenters. The van der Waals surface area contributed by atoms with Crippen LogP contribution in [0.2, 0.25) is 0 Å². The van der Waals surface area contributed by atoms with Crippen molar-refractivity contribution in [3.05, 3.63) is 89.0 Å². The number of carbonyl (C=O) groups is 2. The van der Waals surface area contributed by atoms with Crippen LogP contribution in [-0.2, 0) is 17.8 Å². The molecule has 0 fully saturated rings. The van der Waals surface area contributed by atoms with Crippen LogP contribution in [0, 0.1) is 6.92 Å². The lowest BCUT2D eigenvalue weighted by atomic mass is 9.96. The van der Waals surface area contributed by atoms with E-state index in [0.29, 0.717) is 12.1 Å². The second-order valence-electron chi connectivity index (χ2n) is 7.84. The summed E-state index contributed by atoms with van der Waals surface area (Å²) in [5.74, 6) is -0.686. The van der Waals surface area contributed by atoms with Crippen LogP contribution in [0.4, 0.5) is 0 Å². The Morgan fingerprint density at radius 2 is 1.76 bits per heavy atom. The zero-order chi connectivity index (χ0) is 24.7. The number of amides is 1. The Bertz CT molecular complexity index is 1210. The van der Waals surface area contributed by atoms with Gasteiger partial charge in [-0.2, -0.15) is 0 Å². The monoisotopic (exact) mass is 460 g/mol. The number of hydrogen-bond donors (Lipinski definition) is 4. The minimum atomic E-state index is -1.07. The van der Waals surface area contributed by atoms with Gasteiger partial charge in [-0.25, -0.2) is 4.99 Å². The van der Waals surface area contributed by atoms with Crippen molar-refractivity contribution in [2.45, 2.75) is 25.9 Å². The van der Waals surface area contributed by atoms with Gasteiger partial charge in [0.05, 0.1) is 13.7 Å². The van der Waals surface area contributed by atoms with Crippen molar-refractivity contribution in [1.82, 2.24) is 5.32 Å². The number of nitrogens with one attached hydrogen (secondary N) is 1. The van der Waals surface area contributed by atoms with E-state index in [2.05, 4.69) is 10.3 Å². The number of hydrogen-bond acceptors (Lipinski definition) is 5. The van der Waals surface area contributed by atoms with E-state index in [0.717, 1.165) is 33.6 Å². The standard InChI is InChI=1S/C26H28N4O4/c1-16-13-20(34-2)11-12-21(16)22-6-4-3-5-19(22)15-29-26(28)30-24(31)18-9-7-17(8-10-18)14-23(27)25(32)33/h3-13,23H,14-15,27H2,1-2H3,(H,32,33)(H3,28,29,30,31)/t23-/m0/s1. The summed E-state index contributed by atoms with van der Waals surface area (Å²) in [7, 11) is 1.64. The first-order valence-electron chi connectivity index (χ1n) is 10.7. The number of aryl methyl sites for hydroxylation is 1. The normalized spacial score (nSPS) is 12.1. The van der Waals surface area contributed by atoms with Crippen molar-refractivity contribution in [3.8, 4) is 16.9 Å². The maximum absolute atomic E-state index is 12.5. The summed E-state index contributed by atoms with van der Waals surface area (Å²) >= 11 is 0. The molecule has 6 N–H and O–H groups in total. The fourth-order valence-electron chi connectivity index (χ4n) is 3.52. The van der Waals surface area contributed by atoms with Gasteiger partial charge in [-0.15, -0.1) is 0 Å². The number of carboxylic acids is 1. The van der Waals surface area contributed by atoms with Crippen LogP contribution in [-0.4, -0.2) is 36.1 Å². The molecule has 0 saturated carbocycles. The largest absolute Gasteiger partial charge is 0.497 e. The van der Waals surface area contributed by atoms with Crippen LogP contribution in [0.5, 0.6) is 5.75 Å². The highest BCUT2D eigenvalue weighted by Gasteiger charge is 2.13. The molecule has 0 bridgehead atoms. The average molecular weight is 461 g/mol. The number of methoxy groups -OCH3 is 1. The first-order valence-corrected chi connectivity index (χ1v) is 10.7. The number of carbonyl (C=O) groups excluding carboxylic acids is 1. The van der Waals surface area contributed by atoms with Crippen molar-refractivity contribution in [2.24, 2.45) is 16.5 Å². The highest BCUT2D eigenvalue weighted by atomic mass is 16.5. The summed E-state index contributed by atoms with van der Waals surface area (Å²) in [6, 6.07) is 19.3.